The summed E-state index contributed by atoms with van der Waals surface area (Å²) in [6.45, 7) is 2.59. The lowest BCUT2D eigenvalue weighted by molar-refractivity contribution is 0.266. The molecule has 0 saturated carbocycles. The fourth-order valence-electron chi connectivity index (χ4n) is 4.13. The number of aromatic nitrogens is 3. The smallest absolute Gasteiger partial charge is 0.243 e. The van der Waals surface area contributed by atoms with Crippen LogP contribution in [0.3, 0.4) is 0 Å². The Labute approximate surface area is 185 Å². The van der Waals surface area contributed by atoms with Crippen molar-refractivity contribution in [2.24, 2.45) is 0 Å². The number of sulfonamides is 1. The quantitative estimate of drug-likeness (QED) is 0.459. The van der Waals surface area contributed by atoms with Crippen LogP contribution in [-0.4, -0.2) is 40.9 Å². The van der Waals surface area contributed by atoms with Crippen molar-refractivity contribution in [2.75, 3.05) is 13.1 Å². The lowest BCUT2D eigenvalue weighted by Crippen LogP contribution is -2.39. The topological polar surface area (TPSA) is 89.2 Å². The molecule has 1 aliphatic heterocycles. The van der Waals surface area contributed by atoms with Crippen molar-refractivity contribution < 1.29 is 17.3 Å². The number of nitrogens with zero attached hydrogens (tertiary/aromatic N) is 4. The highest BCUT2D eigenvalue weighted by molar-refractivity contribution is 7.89. The summed E-state index contributed by atoms with van der Waals surface area (Å²) in [5.41, 5.74) is 2.25. The Morgan fingerprint density at radius 3 is 2.75 bits per heavy atom. The molecule has 1 atom stereocenters. The molecule has 0 amide bonds. The van der Waals surface area contributed by atoms with E-state index in [0.717, 1.165) is 12.0 Å². The van der Waals surface area contributed by atoms with Gasteiger partial charge < -0.3 is 4.52 Å². The maximum absolute atomic E-state index is 13.5. The predicted molar refractivity (Wildman–Crippen MR) is 117 cm³/mol. The van der Waals surface area contributed by atoms with E-state index in [1.54, 1.807) is 42.6 Å². The van der Waals surface area contributed by atoms with Crippen molar-refractivity contribution in [1.29, 1.82) is 0 Å². The second-order valence-electron chi connectivity index (χ2n) is 7.95. The summed E-state index contributed by atoms with van der Waals surface area (Å²) < 4.78 is 47.2. The highest BCUT2D eigenvalue weighted by Gasteiger charge is 2.34. The molecule has 0 radical (unpaired) electrons. The molecule has 0 aliphatic carbocycles. The van der Waals surface area contributed by atoms with Crippen LogP contribution in [0.4, 0.5) is 4.39 Å². The standard InChI is InChI=1S/C23H21FN4O3S/c1-15-6-11-20(19-5-2-12-25-21(15)19)32(29,30)28-13-3-4-17(14-28)23-26-22(27-31-23)16-7-9-18(24)10-8-16/h2,5-12,17H,3-4,13-14H2,1H3. The summed E-state index contributed by atoms with van der Waals surface area (Å²) in [5.74, 6) is 0.190. The largest absolute Gasteiger partial charge is 0.339 e. The molecule has 0 bridgehead atoms. The van der Waals surface area contributed by atoms with Crippen molar-refractivity contribution in [3.8, 4) is 11.4 Å². The van der Waals surface area contributed by atoms with Gasteiger partial charge in [-0.3, -0.25) is 4.98 Å². The highest BCUT2D eigenvalue weighted by Crippen LogP contribution is 2.33. The number of rotatable bonds is 4. The normalized spacial score (nSPS) is 17.6. The van der Waals surface area contributed by atoms with Crippen LogP contribution in [0.1, 0.15) is 30.2 Å². The van der Waals surface area contributed by atoms with Crippen LogP contribution in [0.25, 0.3) is 22.3 Å². The number of halogens is 1. The molecular weight excluding hydrogens is 431 g/mol. The Hall–Kier alpha value is -3.17. The van der Waals surface area contributed by atoms with Crippen molar-refractivity contribution in [2.45, 2.75) is 30.6 Å². The molecule has 2 aromatic heterocycles. The Bertz CT molecular complexity index is 1390. The molecule has 9 heteroatoms. The summed E-state index contributed by atoms with van der Waals surface area (Å²) in [4.78, 5) is 9.07. The maximum Gasteiger partial charge on any atom is 0.243 e. The van der Waals surface area contributed by atoms with E-state index in [2.05, 4.69) is 15.1 Å². The highest BCUT2D eigenvalue weighted by atomic mass is 32.2. The number of hydrogen-bond donors (Lipinski definition) is 0. The molecule has 1 aliphatic rings. The van der Waals surface area contributed by atoms with Crippen molar-refractivity contribution in [3.63, 3.8) is 0 Å². The summed E-state index contributed by atoms with van der Waals surface area (Å²) in [6.07, 6.45) is 3.09. The van der Waals surface area contributed by atoms with Gasteiger partial charge in [-0.05, 0) is 67.8 Å². The first-order valence-electron chi connectivity index (χ1n) is 10.4. The summed E-state index contributed by atoms with van der Waals surface area (Å²) in [7, 11) is -3.73. The van der Waals surface area contributed by atoms with Crippen LogP contribution in [0.15, 0.2) is 64.1 Å². The van der Waals surface area contributed by atoms with E-state index in [0.29, 0.717) is 41.1 Å². The minimum absolute atomic E-state index is 0.213. The number of benzene rings is 2. The van der Waals surface area contributed by atoms with E-state index in [9.17, 15) is 12.8 Å². The van der Waals surface area contributed by atoms with Crippen LogP contribution < -0.4 is 0 Å². The molecule has 2 aromatic carbocycles. The van der Waals surface area contributed by atoms with Crippen LogP contribution in [-0.2, 0) is 10.0 Å². The Morgan fingerprint density at radius 1 is 1.12 bits per heavy atom. The summed E-state index contributed by atoms with van der Waals surface area (Å²) in [5, 5.41) is 4.62. The van der Waals surface area contributed by atoms with E-state index in [1.165, 1.54) is 16.4 Å². The summed E-state index contributed by atoms with van der Waals surface area (Å²) >= 11 is 0. The third-order valence-electron chi connectivity index (χ3n) is 5.83. The lowest BCUT2D eigenvalue weighted by atomic mass is 10.00. The second kappa shape index (κ2) is 8.07. The van der Waals surface area contributed by atoms with E-state index in [4.69, 9.17) is 4.52 Å². The van der Waals surface area contributed by atoms with Gasteiger partial charge in [-0.15, -0.1) is 0 Å². The fourth-order valence-corrected chi connectivity index (χ4v) is 5.84. The lowest BCUT2D eigenvalue weighted by Gasteiger charge is -2.30. The molecule has 5 rings (SSSR count). The van der Waals surface area contributed by atoms with Gasteiger partial charge in [0.2, 0.25) is 21.7 Å². The Kier molecular flexibility index (Phi) is 5.22. The van der Waals surface area contributed by atoms with E-state index in [-0.39, 0.29) is 23.2 Å². The van der Waals surface area contributed by atoms with Crippen molar-refractivity contribution in [3.05, 3.63) is 72.0 Å². The van der Waals surface area contributed by atoms with Gasteiger partial charge in [0.05, 0.1) is 16.3 Å². The van der Waals surface area contributed by atoms with Crippen LogP contribution in [0.2, 0.25) is 0 Å². The van der Waals surface area contributed by atoms with Gasteiger partial charge in [0.25, 0.3) is 0 Å². The minimum atomic E-state index is -3.73. The molecule has 0 spiro atoms. The third-order valence-corrected chi connectivity index (χ3v) is 7.75. The van der Waals surface area contributed by atoms with Gasteiger partial charge in [-0.25, -0.2) is 12.8 Å². The number of hydrogen-bond acceptors (Lipinski definition) is 6. The molecule has 1 fully saturated rings. The molecule has 164 valence electrons. The first-order chi connectivity index (χ1) is 15.4. The molecule has 1 saturated heterocycles. The maximum atomic E-state index is 13.5. The molecule has 4 aromatic rings. The van der Waals surface area contributed by atoms with Crippen molar-refractivity contribution in [1.82, 2.24) is 19.4 Å². The zero-order chi connectivity index (χ0) is 22.3. The Balaban J connectivity index is 1.43. The minimum Gasteiger partial charge on any atom is -0.339 e. The Morgan fingerprint density at radius 2 is 1.94 bits per heavy atom. The zero-order valence-electron chi connectivity index (χ0n) is 17.4. The average molecular weight is 453 g/mol. The monoisotopic (exact) mass is 452 g/mol. The van der Waals surface area contributed by atoms with Crippen LogP contribution in [0, 0.1) is 12.7 Å². The predicted octanol–water partition coefficient (Wildman–Crippen LogP) is 4.30. The van der Waals surface area contributed by atoms with Gasteiger partial charge >= 0.3 is 0 Å². The molecule has 32 heavy (non-hydrogen) atoms. The zero-order valence-corrected chi connectivity index (χ0v) is 18.2. The van der Waals surface area contributed by atoms with E-state index in [1.807, 2.05) is 6.92 Å². The number of pyridine rings is 1. The van der Waals surface area contributed by atoms with Gasteiger partial charge in [-0.1, -0.05) is 11.2 Å². The number of piperidine rings is 1. The molecule has 0 N–H and O–H groups in total. The third kappa shape index (κ3) is 3.67. The molecule has 7 nitrogen and oxygen atoms in total. The second-order valence-corrected chi connectivity index (χ2v) is 9.85. The molecular formula is C23H21FN4O3S. The first-order valence-corrected chi connectivity index (χ1v) is 11.8. The van der Waals surface area contributed by atoms with E-state index >= 15 is 0 Å². The van der Waals surface area contributed by atoms with Gasteiger partial charge in [0, 0.05) is 30.2 Å². The number of fused-ring (bicyclic) bond motifs is 1. The van der Waals surface area contributed by atoms with Gasteiger partial charge in [0.1, 0.15) is 5.82 Å². The molecule has 1 unspecified atom stereocenters. The number of aryl methyl sites for hydroxylation is 1. The first kappa shape index (κ1) is 20.7. The van der Waals surface area contributed by atoms with Gasteiger partial charge in [-0.2, -0.15) is 9.29 Å². The summed E-state index contributed by atoms with van der Waals surface area (Å²) in [6, 6.07) is 12.8. The van der Waals surface area contributed by atoms with Gasteiger partial charge in [0.15, 0.2) is 0 Å². The van der Waals surface area contributed by atoms with Crippen LogP contribution >= 0.6 is 0 Å². The van der Waals surface area contributed by atoms with E-state index < -0.39 is 10.0 Å². The SMILES string of the molecule is Cc1ccc(S(=O)(=O)N2CCCC(c3nc(-c4ccc(F)cc4)no3)C2)c2cccnc12. The van der Waals surface area contributed by atoms with Crippen LogP contribution in [0.5, 0.6) is 0 Å². The fraction of sp³-hybridized carbons (Fsp3) is 0.261. The van der Waals surface area contributed by atoms with Crippen molar-refractivity contribution >= 4 is 20.9 Å². The molecule has 3 heterocycles. The average Bonchev–Trinajstić information content (AvgIpc) is 3.30.